The molecule has 3 rings (SSSR count). The van der Waals surface area contributed by atoms with E-state index >= 15 is 0 Å². The van der Waals surface area contributed by atoms with Crippen molar-refractivity contribution >= 4 is 22.3 Å². The number of hydrogen-bond donors (Lipinski definition) is 3. The minimum atomic E-state index is -0.929. The van der Waals surface area contributed by atoms with E-state index in [0.717, 1.165) is 47.8 Å². The van der Waals surface area contributed by atoms with Crippen molar-refractivity contribution in [1.82, 2.24) is 20.1 Å². The minimum absolute atomic E-state index is 0.397. The van der Waals surface area contributed by atoms with Gasteiger partial charge in [0.1, 0.15) is 5.82 Å². The van der Waals surface area contributed by atoms with Crippen molar-refractivity contribution in [2.24, 2.45) is 7.05 Å². The number of nitrogens with zero attached hydrogens (tertiary/aromatic N) is 3. The first-order valence-corrected chi connectivity index (χ1v) is 11.6. The quantitative estimate of drug-likeness (QED) is 0.431. The monoisotopic (exact) mass is 426 g/mol. The Morgan fingerprint density at radius 3 is 2.60 bits per heavy atom. The molecule has 2 heterocycles. The van der Waals surface area contributed by atoms with Gasteiger partial charge in [-0.05, 0) is 42.6 Å². The van der Waals surface area contributed by atoms with E-state index in [0.29, 0.717) is 11.7 Å². The molecule has 0 saturated heterocycles. The molecule has 0 aliphatic heterocycles. The summed E-state index contributed by atoms with van der Waals surface area (Å²) in [4.78, 5) is 5.16. The first kappa shape index (κ1) is 22.0. The molecule has 0 aliphatic carbocycles. The molecule has 8 heteroatoms. The molecule has 0 radical (unpaired) electrons. The highest BCUT2D eigenvalue weighted by molar-refractivity contribution is 7.84. The van der Waals surface area contributed by atoms with Gasteiger partial charge in [-0.3, -0.25) is 8.89 Å². The van der Waals surface area contributed by atoms with E-state index < -0.39 is 10.8 Å². The van der Waals surface area contributed by atoms with Crippen molar-refractivity contribution in [3.8, 4) is 11.1 Å². The molecule has 2 atom stereocenters. The predicted octanol–water partition coefficient (Wildman–Crippen LogP) is 3.00. The van der Waals surface area contributed by atoms with E-state index in [4.69, 9.17) is 5.73 Å². The third-order valence-electron chi connectivity index (χ3n) is 5.03. The van der Waals surface area contributed by atoms with E-state index in [2.05, 4.69) is 39.8 Å². The van der Waals surface area contributed by atoms with Gasteiger partial charge in [0.2, 0.25) is 0 Å². The average Bonchev–Trinajstić information content (AvgIpc) is 3.18. The molecule has 1 aromatic carbocycles. The summed E-state index contributed by atoms with van der Waals surface area (Å²) in [6.07, 6.45) is 8.21. The maximum Gasteiger partial charge on any atom is 0.146 e. The van der Waals surface area contributed by atoms with Crippen LogP contribution in [0.5, 0.6) is 0 Å². The summed E-state index contributed by atoms with van der Waals surface area (Å²) >= 11 is 0. The fourth-order valence-electron chi connectivity index (χ4n) is 3.21. The van der Waals surface area contributed by atoms with Crippen LogP contribution in [0.15, 0.2) is 53.8 Å². The minimum Gasteiger partial charge on any atom is -0.382 e. The Hall–Kier alpha value is -2.71. The van der Waals surface area contributed by atoms with Crippen LogP contribution in [0, 0.1) is 0 Å². The number of benzene rings is 1. The van der Waals surface area contributed by atoms with Crippen molar-refractivity contribution in [3.63, 3.8) is 0 Å². The Morgan fingerprint density at radius 1 is 1.17 bits per heavy atom. The van der Waals surface area contributed by atoms with Gasteiger partial charge >= 0.3 is 0 Å². The fourth-order valence-corrected chi connectivity index (χ4v) is 3.73. The van der Waals surface area contributed by atoms with Crippen LogP contribution in [0.2, 0.25) is 0 Å². The Labute approximate surface area is 180 Å². The van der Waals surface area contributed by atoms with Crippen LogP contribution in [-0.2, 0) is 17.8 Å². The molecule has 0 spiro atoms. The second kappa shape index (κ2) is 10.4. The Balaban J connectivity index is 1.41. The first-order chi connectivity index (χ1) is 14.4. The van der Waals surface area contributed by atoms with Gasteiger partial charge in [0, 0.05) is 65.6 Å². The van der Waals surface area contributed by atoms with Crippen LogP contribution in [0.25, 0.3) is 11.1 Å². The molecule has 2 unspecified atom stereocenters. The van der Waals surface area contributed by atoms with Gasteiger partial charge in [-0.25, -0.2) is 4.98 Å². The second-order valence-corrected chi connectivity index (χ2v) is 8.85. The third-order valence-corrected chi connectivity index (χ3v) is 5.97. The van der Waals surface area contributed by atoms with E-state index in [9.17, 15) is 4.21 Å². The molecule has 7 nitrogen and oxygen atoms in total. The lowest BCUT2D eigenvalue weighted by Crippen LogP contribution is -2.23. The van der Waals surface area contributed by atoms with Gasteiger partial charge in [-0.15, -0.1) is 0 Å². The van der Waals surface area contributed by atoms with Crippen molar-refractivity contribution in [2.75, 3.05) is 36.9 Å². The number of pyridine rings is 1. The van der Waals surface area contributed by atoms with Crippen molar-refractivity contribution in [3.05, 3.63) is 54.5 Å². The largest absolute Gasteiger partial charge is 0.382 e. The SMILES string of the molecule is CC(CNCCCNc1cc(-c2cnn(C)c2)cnc1N)c1ccc(S(C)=O)cc1. The highest BCUT2D eigenvalue weighted by Crippen LogP contribution is 2.24. The first-order valence-electron chi connectivity index (χ1n) is 10.1. The maximum absolute atomic E-state index is 11.5. The highest BCUT2D eigenvalue weighted by Gasteiger charge is 2.07. The number of aromatic nitrogens is 3. The summed E-state index contributed by atoms with van der Waals surface area (Å²) in [5, 5.41) is 11.1. The van der Waals surface area contributed by atoms with Crippen LogP contribution >= 0.6 is 0 Å². The highest BCUT2D eigenvalue weighted by atomic mass is 32.2. The average molecular weight is 427 g/mol. The van der Waals surface area contributed by atoms with E-state index in [1.54, 1.807) is 17.1 Å². The van der Waals surface area contributed by atoms with Crippen LogP contribution in [-0.4, -0.2) is 44.9 Å². The summed E-state index contributed by atoms with van der Waals surface area (Å²) in [6, 6.07) is 10.0. The number of rotatable bonds is 10. The molecular weight excluding hydrogens is 396 g/mol. The van der Waals surface area contributed by atoms with Crippen molar-refractivity contribution in [1.29, 1.82) is 0 Å². The smallest absolute Gasteiger partial charge is 0.146 e. The second-order valence-electron chi connectivity index (χ2n) is 7.47. The van der Waals surface area contributed by atoms with Gasteiger partial charge in [0.15, 0.2) is 0 Å². The topological polar surface area (TPSA) is 97.9 Å². The standard InChI is InChI=1S/C22H30N6OS/c1-16(17-5-7-20(8-6-17)30(3)29)12-24-9-4-10-25-21-11-18(13-26-22(21)23)19-14-27-28(2)15-19/h5-8,11,13-16,24-25H,4,9-10,12H2,1-3H3,(H2,23,26). The van der Waals surface area contributed by atoms with Crippen molar-refractivity contribution in [2.45, 2.75) is 24.2 Å². The number of nitrogens with two attached hydrogens (primary N) is 1. The molecule has 4 N–H and O–H groups in total. The zero-order chi connectivity index (χ0) is 21.5. The fraction of sp³-hybridized carbons (Fsp3) is 0.364. The molecule has 3 aromatic rings. The Morgan fingerprint density at radius 2 is 1.93 bits per heavy atom. The van der Waals surface area contributed by atoms with Gasteiger partial charge in [-0.2, -0.15) is 5.10 Å². The van der Waals surface area contributed by atoms with Gasteiger partial charge < -0.3 is 16.4 Å². The number of aryl methyl sites for hydroxylation is 1. The zero-order valence-corrected chi connectivity index (χ0v) is 18.6. The summed E-state index contributed by atoms with van der Waals surface area (Å²) in [5.74, 6) is 0.897. The summed E-state index contributed by atoms with van der Waals surface area (Å²) in [7, 11) is 0.964. The Kier molecular flexibility index (Phi) is 7.59. The van der Waals surface area contributed by atoms with Crippen LogP contribution in [0.1, 0.15) is 24.8 Å². The molecule has 0 fully saturated rings. The van der Waals surface area contributed by atoms with Gasteiger partial charge in [0.25, 0.3) is 0 Å². The molecular formula is C22H30N6OS. The van der Waals surface area contributed by atoms with Crippen LogP contribution < -0.4 is 16.4 Å². The summed E-state index contributed by atoms with van der Waals surface area (Å²) in [5.41, 5.74) is 10.1. The number of nitrogen functional groups attached to an aromatic ring is 1. The van der Waals surface area contributed by atoms with Crippen LogP contribution in [0.3, 0.4) is 0 Å². The molecule has 0 saturated carbocycles. The maximum atomic E-state index is 11.5. The van der Waals surface area contributed by atoms with Gasteiger partial charge in [0.05, 0.1) is 11.9 Å². The summed E-state index contributed by atoms with van der Waals surface area (Å²) < 4.78 is 13.3. The molecule has 0 aliphatic rings. The lowest BCUT2D eigenvalue weighted by atomic mass is 10.0. The zero-order valence-electron chi connectivity index (χ0n) is 17.8. The molecule has 0 amide bonds. The van der Waals surface area contributed by atoms with E-state index in [-0.39, 0.29) is 0 Å². The van der Waals surface area contributed by atoms with Crippen molar-refractivity contribution < 1.29 is 4.21 Å². The Bertz CT molecular complexity index is 986. The number of anilines is 2. The third kappa shape index (κ3) is 5.90. The molecule has 160 valence electrons. The van der Waals surface area contributed by atoms with E-state index in [1.165, 1.54) is 5.56 Å². The van der Waals surface area contributed by atoms with Gasteiger partial charge in [-0.1, -0.05) is 19.1 Å². The molecule has 0 bridgehead atoms. The predicted molar refractivity (Wildman–Crippen MR) is 124 cm³/mol. The normalized spacial score (nSPS) is 13.2. The number of hydrogen-bond acceptors (Lipinski definition) is 6. The lowest BCUT2D eigenvalue weighted by Gasteiger charge is -2.14. The molecule has 2 aromatic heterocycles. The lowest BCUT2D eigenvalue weighted by molar-refractivity contribution is 0.603. The summed E-state index contributed by atoms with van der Waals surface area (Å²) in [6.45, 7) is 4.80. The molecule has 30 heavy (non-hydrogen) atoms. The number of nitrogens with one attached hydrogen (secondary N) is 2. The van der Waals surface area contributed by atoms with Crippen LogP contribution in [0.4, 0.5) is 11.5 Å². The van der Waals surface area contributed by atoms with E-state index in [1.807, 2.05) is 37.6 Å².